The van der Waals surface area contributed by atoms with Crippen LogP contribution >= 0.6 is 15.9 Å². The van der Waals surface area contributed by atoms with Crippen LogP contribution in [-0.2, 0) is 10.1 Å². The van der Waals surface area contributed by atoms with Crippen molar-refractivity contribution in [1.29, 1.82) is 0 Å². The van der Waals surface area contributed by atoms with Gasteiger partial charge in [-0.05, 0) is 22.0 Å². The second kappa shape index (κ2) is 3.93. The quantitative estimate of drug-likeness (QED) is 0.807. The fourth-order valence-electron chi connectivity index (χ4n) is 0.872. The summed E-state index contributed by atoms with van der Waals surface area (Å²) < 4.78 is 42.7. The third-order valence-electron chi connectivity index (χ3n) is 1.53. The lowest BCUT2D eigenvalue weighted by Crippen LogP contribution is -2.12. The summed E-state index contributed by atoms with van der Waals surface area (Å²) in [6.07, 6.45) is 0. The fraction of sp³-hybridized carbons (Fsp3) is 0.143. The highest BCUT2D eigenvalue weighted by atomic mass is 79.9. The summed E-state index contributed by atoms with van der Waals surface area (Å²) in [5.74, 6) is -0.919. The van der Waals surface area contributed by atoms with Gasteiger partial charge in [-0.15, -0.1) is 0 Å². The van der Waals surface area contributed by atoms with E-state index in [0.717, 1.165) is 6.07 Å². The van der Waals surface area contributed by atoms with Crippen LogP contribution in [0.1, 0.15) is 11.0 Å². The molecule has 0 heterocycles. The molecule has 0 aromatic heterocycles. The average molecular weight is 285 g/mol. The highest BCUT2D eigenvalue weighted by Gasteiger charge is 2.25. The summed E-state index contributed by atoms with van der Waals surface area (Å²) in [6, 6.07) is 3.75. The summed E-state index contributed by atoms with van der Waals surface area (Å²) in [5, 5.41) is 9.06. The standard InChI is InChI=1S/C7H6BrFO4S/c8-5-3-1-2-4(6(5)9)7(10)14(11,12)13/h1-3,7,10H,(H,11,12,13). The normalized spacial score (nSPS) is 14.0. The van der Waals surface area contributed by atoms with Crippen LogP contribution < -0.4 is 0 Å². The van der Waals surface area contributed by atoms with Crippen LogP contribution in [0, 0.1) is 5.82 Å². The number of benzene rings is 1. The number of hydrogen-bond donors (Lipinski definition) is 2. The molecule has 4 nitrogen and oxygen atoms in total. The van der Waals surface area contributed by atoms with Crippen molar-refractivity contribution in [2.24, 2.45) is 0 Å². The fourth-order valence-corrected chi connectivity index (χ4v) is 1.76. The zero-order chi connectivity index (χ0) is 10.9. The molecule has 0 radical (unpaired) electrons. The Bertz CT molecular complexity index is 445. The molecule has 0 spiro atoms. The maximum absolute atomic E-state index is 13.2. The highest BCUT2D eigenvalue weighted by molar-refractivity contribution is 9.10. The second-order valence-electron chi connectivity index (χ2n) is 2.51. The summed E-state index contributed by atoms with van der Waals surface area (Å²) in [4.78, 5) is 0. The summed E-state index contributed by atoms with van der Waals surface area (Å²) in [5.41, 5.74) is -2.76. The lowest BCUT2D eigenvalue weighted by atomic mass is 10.2. The Morgan fingerprint density at radius 2 is 2.00 bits per heavy atom. The largest absolute Gasteiger partial charge is 0.371 e. The first-order chi connectivity index (χ1) is 6.34. The van der Waals surface area contributed by atoms with Crippen molar-refractivity contribution in [3.05, 3.63) is 34.1 Å². The molecule has 2 N–H and O–H groups in total. The van der Waals surface area contributed by atoms with Crippen LogP contribution in [0.5, 0.6) is 0 Å². The van der Waals surface area contributed by atoms with Gasteiger partial charge in [-0.2, -0.15) is 8.42 Å². The zero-order valence-electron chi connectivity index (χ0n) is 6.68. The van der Waals surface area contributed by atoms with E-state index in [1.165, 1.54) is 12.1 Å². The molecule has 1 unspecified atom stereocenters. The van der Waals surface area contributed by atoms with Gasteiger partial charge in [-0.1, -0.05) is 12.1 Å². The van der Waals surface area contributed by atoms with E-state index < -0.39 is 26.9 Å². The van der Waals surface area contributed by atoms with Gasteiger partial charge < -0.3 is 5.11 Å². The molecule has 0 fully saturated rings. The number of aliphatic hydroxyl groups excluding tert-OH is 1. The van der Waals surface area contributed by atoms with Gasteiger partial charge in [-0.25, -0.2) is 4.39 Å². The van der Waals surface area contributed by atoms with Crippen LogP contribution in [0.3, 0.4) is 0 Å². The smallest absolute Gasteiger partial charge is 0.296 e. The van der Waals surface area contributed by atoms with E-state index in [0.29, 0.717) is 0 Å². The van der Waals surface area contributed by atoms with Gasteiger partial charge in [0.1, 0.15) is 5.82 Å². The SMILES string of the molecule is O=S(=O)(O)C(O)c1cccc(Br)c1F. The summed E-state index contributed by atoms with van der Waals surface area (Å²) in [6.45, 7) is 0. The molecule has 14 heavy (non-hydrogen) atoms. The maximum Gasteiger partial charge on any atom is 0.296 e. The van der Waals surface area contributed by atoms with E-state index in [9.17, 15) is 12.8 Å². The molecule has 1 aromatic carbocycles. The van der Waals surface area contributed by atoms with Crippen molar-refractivity contribution in [2.45, 2.75) is 5.44 Å². The van der Waals surface area contributed by atoms with Crippen molar-refractivity contribution in [3.8, 4) is 0 Å². The Balaban J connectivity index is 3.28. The minimum Gasteiger partial charge on any atom is -0.371 e. The molecule has 78 valence electrons. The van der Waals surface area contributed by atoms with E-state index >= 15 is 0 Å². The highest BCUT2D eigenvalue weighted by Crippen LogP contribution is 2.26. The van der Waals surface area contributed by atoms with Crippen LogP contribution in [0.4, 0.5) is 4.39 Å². The molecule has 0 bridgehead atoms. The van der Waals surface area contributed by atoms with Gasteiger partial charge in [0.05, 0.1) is 4.47 Å². The summed E-state index contributed by atoms with van der Waals surface area (Å²) >= 11 is 2.82. The van der Waals surface area contributed by atoms with Crippen molar-refractivity contribution < 1.29 is 22.5 Å². The van der Waals surface area contributed by atoms with Crippen LogP contribution in [0.25, 0.3) is 0 Å². The Morgan fingerprint density at radius 1 is 1.43 bits per heavy atom. The third kappa shape index (κ3) is 2.30. The number of aliphatic hydroxyl groups is 1. The lowest BCUT2D eigenvalue weighted by molar-refractivity contribution is 0.233. The molecule has 1 aromatic rings. The average Bonchev–Trinajstić information content (AvgIpc) is 2.07. The monoisotopic (exact) mass is 284 g/mol. The number of halogens is 2. The van der Waals surface area contributed by atoms with Gasteiger partial charge in [0, 0.05) is 5.56 Å². The molecular formula is C7H6BrFO4S. The lowest BCUT2D eigenvalue weighted by Gasteiger charge is -2.08. The molecule has 0 aliphatic rings. The van der Waals surface area contributed by atoms with Crippen LogP contribution in [-0.4, -0.2) is 18.1 Å². The molecular weight excluding hydrogens is 279 g/mol. The molecule has 0 aliphatic heterocycles. The first-order valence-corrected chi connectivity index (χ1v) is 5.72. The molecule has 0 amide bonds. The van der Waals surface area contributed by atoms with Gasteiger partial charge in [0.15, 0.2) is 0 Å². The maximum atomic E-state index is 13.2. The Kier molecular flexibility index (Phi) is 3.25. The van der Waals surface area contributed by atoms with Crippen molar-refractivity contribution in [2.75, 3.05) is 0 Å². The molecule has 7 heteroatoms. The third-order valence-corrected chi connectivity index (χ3v) is 2.96. The second-order valence-corrected chi connectivity index (χ2v) is 4.84. The van der Waals surface area contributed by atoms with E-state index in [2.05, 4.69) is 15.9 Å². The predicted molar refractivity (Wildman–Crippen MR) is 50.6 cm³/mol. The van der Waals surface area contributed by atoms with Gasteiger partial charge in [0.25, 0.3) is 10.1 Å². The van der Waals surface area contributed by atoms with E-state index in [1.54, 1.807) is 0 Å². The molecule has 0 aliphatic carbocycles. The van der Waals surface area contributed by atoms with E-state index in [4.69, 9.17) is 9.66 Å². The topological polar surface area (TPSA) is 74.6 Å². The van der Waals surface area contributed by atoms with E-state index in [1.807, 2.05) is 0 Å². The van der Waals surface area contributed by atoms with E-state index in [-0.39, 0.29) is 4.47 Å². The number of hydrogen-bond acceptors (Lipinski definition) is 3. The Morgan fingerprint density at radius 3 is 2.50 bits per heavy atom. The number of rotatable bonds is 2. The predicted octanol–water partition coefficient (Wildman–Crippen LogP) is 1.47. The minimum atomic E-state index is -4.70. The minimum absolute atomic E-state index is 0.0118. The van der Waals surface area contributed by atoms with Gasteiger partial charge in [-0.3, -0.25) is 4.55 Å². The van der Waals surface area contributed by atoms with Gasteiger partial charge >= 0.3 is 0 Å². The van der Waals surface area contributed by atoms with Crippen LogP contribution in [0.15, 0.2) is 22.7 Å². The zero-order valence-corrected chi connectivity index (χ0v) is 9.09. The van der Waals surface area contributed by atoms with Crippen molar-refractivity contribution >= 4 is 26.0 Å². The van der Waals surface area contributed by atoms with Gasteiger partial charge in [0.2, 0.25) is 5.44 Å². The molecule has 1 atom stereocenters. The summed E-state index contributed by atoms with van der Waals surface area (Å²) in [7, 11) is -4.70. The van der Waals surface area contributed by atoms with Crippen molar-refractivity contribution in [3.63, 3.8) is 0 Å². The molecule has 1 rings (SSSR count). The first kappa shape index (κ1) is 11.6. The Hall–Kier alpha value is -0.500. The molecule has 0 saturated carbocycles. The van der Waals surface area contributed by atoms with Crippen molar-refractivity contribution in [1.82, 2.24) is 0 Å². The first-order valence-electron chi connectivity index (χ1n) is 3.42. The van der Waals surface area contributed by atoms with Crippen LogP contribution in [0.2, 0.25) is 0 Å². The molecule has 0 saturated heterocycles. The Labute approximate surface area is 88.3 Å².